The molecule has 0 bridgehead atoms. The van der Waals surface area contributed by atoms with Crippen molar-refractivity contribution in [3.63, 3.8) is 0 Å². The largest absolute Gasteiger partial charge is 0.436 e. The molecule has 1 aromatic rings. The molecule has 21 heavy (non-hydrogen) atoms. The number of carbonyl (C=O) groups excluding carboxylic acids is 1. The molecular weight excluding hydrogens is 355 g/mol. The lowest BCUT2D eigenvalue weighted by Crippen LogP contribution is -2.41. The van der Waals surface area contributed by atoms with Crippen LogP contribution in [-0.2, 0) is 22.3 Å². The van der Waals surface area contributed by atoms with E-state index < -0.39 is 11.9 Å². The van der Waals surface area contributed by atoms with Crippen LogP contribution in [0.3, 0.4) is 0 Å². The smallest absolute Gasteiger partial charge is 0.378 e. The average molecular weight is 370 g/mol. The Labute approximate surface area is 128 Å². The lowest BCUT2D eigenvalue weighted by atomic mass is 10.3. The second kappa shape index (κ2) is 6.35. The number of carbonyl (C=O) groups is 1. The number of aromatic nitrogens is 2. The Morgan fingerprint density at radius 1 is 1.38 bits per heavy atom. The summed E-state index contributed by atoms with van der Waals surface area (Å²) in [5.41, 5.74) is -0.601. The van der Waals surface area contributed by atoms with Crippen molar-refractivity contribution in [3.8, 4) is 0 Å². The van der Waals surface area contributed by atoms with Crippen molar-refractivity contribution in [1.29, 1.82) is 0 Å². The van der Waals surface area contributed by atoms with Crippen LogP contribution in [0.25, 0.3) is 0 Å². The highest BCUT2D eigenvalue weighted by atomic mass is 79.9. The predicted molar refractivity (Wildman–Crippen MR) is 71.7 cm³/mol. The van der Waals surface area contributed by atoms with E-state index in [0.29, 0.717) is 32.0 Å². The molecule has 1 saturated heterocycles. The van der Waals surface area contributed by atoms with Gasteiger partial charge in [0.25, 0.3) is 0 Å². The van der Waals surface area contributed by atoms with Crippen molar-refractivity contribution < 1.29 is 22.7 Å². The van der Waals surface area contributed by atoms with Gasteiger partial charge < -0.3 is 9.64 Å². The Morgan fingerprint density at radius 3 is 2.52 bits per heavy atom. The van der Waals surface area contributed by atoms with Crippen molar-refractivity contribution in [2.75, 3.05) is 26.3 Å². The number of ether oxygens (including phenoxy) is 1. The first-order chi connectivity index (χ1) is 9.80. The summed E-state index contributed by atoms with van der Waals surface area (Å²) in [4.78, 5) is 13.6. The zero-order valence-electron chi connectivity index (χ0n) is 11.4. The lowest BCUT2D eigenvalue weighted by Gasteiger charge is -2.26. The van der Waals surface area contributed by atoms with Crippen molar-refractivity contribution in [2.45, 2.75) is 26.1 Å². The predicted octanol–water partition coefficient (Wildman–Crippen LogP) is 2.22. The summed E-state index contributed by atoms with van der Waals surface area (Å²) >= 11 is 2.91. The molecule has 1 amide bonds. The molecule has 9 heteroatoms. The van der Waals surface area contributed by atoms with Crippen molar-refractivity contribution in [1.82, 2.24) is 14.7 Å². The number of aryl methyl sites for hydroxylation is 1. The van der Waals surface area contributed by atoms with Gasteiger partial charge in [-0.05, 0) is 22.9 Å². The minimum atomic E-state index is -4.51. The van der Waals surface area contributed by atoms with Crippen LogP contribution in [0.15, 0.2) is 4.47 Å². The molecule has 0 saturated carbocycles. The van der Waals surface area contributed by atoms with Crippen LogP contribution in [0.4, 0.5) is 13.2 Å². The van der Waals surface area contributed by atoms with E-state index >= 15 is 0 Å². The summed E-state index contributed by atoms with van der Waals surface area (Å²) in [6.07, 6.45) is -4.39. The molecule has 1 aliphatic rings. The maximum absolute atomic E-state index is 12.7. The molecule has 0 aromatic carbocycles. The van der Waals surface area contributed by atoms with Gasteiger partial charge in [-0.1, -0.05) is 0 Å². The van der Waals surface area contributed by atoms with Gasteiger partial charge >= 0.3 is 6.18 Å². The van der Waals surface area contributed by atoms with Gasteiger partial charge in [0.15, 0.2) is 5.69 Å². The van der Waals surface area contributed by atoms with Crippen molar-refractivity contribution >= 4 is 21.8 Å². The lowest BCUT2D eigenvalue weighted by molar-refractivity contribution is -0.142. The van der Waals surface area contributed by atoms with Gasteiger partial charge in [0.05, 0.1) is 29.9 Å². The molecule has 0 spiro atoms. The van der Waals surface area contributed by atoms with E-state index in [0.717, 1.165) is 0 Å². The van der Waals surface area contributed by atoms with E-state index in [1.165, 1.54) is 11.6 Å². The first-order valence-electron chi connectivity index (χ1n) is 6.46. The van der Waals surface area contributed by atoms with Crippen LogP contribution < -0.4 is 0 Å². The molecule has 2 heterocycles. The fourth-order valence-corrected chi connectivity index (χ4v) is 2.60. The summed E-state index contributed by atoms with van der Waals surface area (Å²) in [6.45, 7) is 3.69. The van der Waals surface area contributed by atoms with Gasteiger partial charge in [-0.2, -0.15) is 18.3 Å². The fourth-order valence-electron chi connectivity index (χ4n) is 2.10. The monoisotopic (exact) mass is 369 g/mol. The summed E-state index contributed by atoms with van der Waals surface area (Å²) in [7, 11) is 0. The topological polar surface area (TPSA) is 47.4 Å². The standard InChI is InChI=1S/C12H15BrF3N3O2/c1-8-10(13)11(12(14,15)16)17-19(8)3-2-9(20)18-4-6-21-7-5-18/h2-7H2,1H3. The van der Waals surface area contributed by atoms with Crippen LogP contribution >= 0.6 is 15.9 Å². The van der Waals surface area contributed by atoms with Gasteiger partial charge in [0.2, 0.25) is 5.91 Å². The molecule has 0 radical (unpaired) electrons. The van der Waals surface area contributed by atoms with E-state index in [2.05, 4.69) is 21.0 Å². The summed E-state index contributed by atoms with van der Waals surface area (Å²) in [5, 5.41) is 3.55. The van der Waals surface area contributed by atoms with Gasteiger partial charge in [-0.3, -0.25) is 9.48 Å². The van der Waals surface area contributed by atoms with Crippen LogP contribution in [0, 0.1) is 6.92 Å². The molecule has 0 unspecified atom stereocenters. The minimum absolute atomic E-state index is 0.0752. The quantitative estimate of drug-likeness (QED) is 0.820. The molecule has 118 valence electrons. The Hall–Kier alpha value is -1.09. The van der Waals surface area contributed by atoms with Crippen LogP contribution in [0.5, 0.6) is 0 Å². The average Bonchev–Trinajstić information content (AvgIpc) is 2.73. The fraction of sp³-hybridized carbons (Fsp3) is 0.667. The Balaban J connectivity index is 2.01. The molecule has 5 nitrogen and oxygen atoms in total. The third-order valence-electron chi connectivity index (χ3n) is 3.30. The van der Waals surface area contributed by atoms with Crippen molar-refractivity contribution in [3.05, 3.63) is 15.9 Å². The first-order valence-corrected chi connectivity index (χ1v) is 7.25. The first kappa shape index (κ1) is 16.3. The van der Waals surface area contributed by atoms with E-state index in [9.17, 15) is 18.0 Å². The highest BCUT2D eigenvalue weighted by molar-refractivity contribution is 9.10. The molecule has 2 rings (SSSR count). The number of rotatable bonds is 3. The maximum atomic E-state index is 12.7. The number of halogens is 4. The maximum Gasteiger partial charge on any atom is 0.436 e. The Kier molecular flexibility index (Phi) is 4.92. The van der Waals surface area contributed by atoms with E-state index in [4.69, 9.17) is 4.74 Å². The molecule has 0 aliphatic carbocycles. The molecule has 1 fully saturated rings. The summed E-state index contributed by atoms with van der Waals surface area (Å²) in [5.74, 6) is -0.0992. The summed E-state index contributed by atoms with van der Waals surface area (Å²) < 4.78 is 44.5. The number of morpholine rings is 1. The number of nitrogens with zero attached hydrogens (tertiary/aromatic N) is 3. The zero-order valence-corrected chi connectivity index (χ0v) is 13.0. The highest BCUT2D eigenvalue weighted by Crippen LogP contribution is 2.35. The van der Waals surface area contributed by atoms with E-state index in [-0.39, 0.29) is 23.3 Å². The molecule has 0 N–H and O–H groups in total. The molecule has 1 aromatic heterocycles. The number of alkyl halides is 3. The van der Waals surface area contributed by atoms with Gasteiger partial charge in [0.1, 0.15) is 0 Å². The van der Waals surface area contributed by atoms with E-state index in [1.807, 2.05) is 0 Å². The van der Waals surface area contributed by atoms with Gasteiger partial charge in [-0.25, -0.2) is 0 Å². The summed E-state index contributed by atoms with van der Waals surface area (Å²) in [6, 6.07) is 0. The van der Waals surface area contributed by atoms with Crippen LogP contribution in [0.1, 0.15) is 17.8 Å². The van der Waals surface area contributed by atoms with Gasteiger partial charge in [-0.15, -0.1) is 0 Å². The second-order valence-corrected chi connectivity index (χ2v) is 5.51. The number of amides is 1. The Bertz CT molecular complexity index is 525. The number of hydrogen-bond donors (Lipinski definition) is 0. The highest BCUT2D eigenvalue weighted by Gasteiger charge is 2.37. The SMILES string of the molecule is Cc1c(Br)c(C(F)(F)F)nn1CCC(=O)N1CCOCC1. The van der Waals surface area contributed by atoms with Crippen LogP contribution in [-0.4, -0.2) is 46.9 Å². The van der Waals surface area contributed by atoms with Crippen molar-refractivity contribution in [2.24, 2.45) is 0 Å². The third kappa shape index (κ3) is 3.76. The van der Waals surface area contributed by atoms with Gasteiger partial charge in [0, 0.05) is 19.5 Å². The molecular formula is C12H15BrF3N3O2. The van der Waals surface area contributed by atoms with E-state index in [1.54, 1.807) is 4.90 Å². The Morgan fingerprint density at radius 2 is 2.00 bits per heavy atom. The zero-order chi connectivity index (χ0) is 15.6. The normalized spacial score (nSPS) is 16.3. The second-order valence-electron chi connectivity index (χ2n) is 4.71. The minimum Gasteiger partial charge on any atom is -0.378 e. The number of hydrogen-bond acceptors (Lipinski definition) is 3. The molecule has 1 aliphatic heterocycles. The van der Waals surface area contributed by atoms with Crippen LogP contribution in [0.2, 0.25) is 0 Å². The third-order valence-corrected chi connectivity index (χ3v) is 4.25. The molecule has 0 atom stereocenters.